The molecule has 2 aromatic carbocycles. The van der Waals surface area contributed by atoms with E-state index in [9.17, 15) is 22.8 Å². The fourth-order valence-electron chi connectivity index (χ4n) is 5.07. The van der Waals surface area contributed by atoms with Crippen molar-refractivity contribution in [2.24, 2.45) is 0 Å². The van der Waals surface area contributed by atoms with Crippen LogP contribution in [0.2, 0.25) is 0 Å². The summed E-state index contributed by atoms with van der Waals surface area (Å²) in [5.41, 5.74) is 1.87. The molecule has 0 aliphatic carbocycles. The van der Waals surface area contributed by atoms with Gasteiger partial charge in [0.25, 0.3) is 11.8 Å². The molecular weight excluding hydrogens is 587 g/mol. The van der Waals surface area contributed by atoms with Crippen molar-refractivity contribution in [1.29, 1.82) is 0 Å². The summed E-state index contributed by atoms with van der Waals surface area (Å²) in [4.78, 5) is 36.2. The molecule has 1 aliphatic rings. The van der Waals surface area contributed by atoms with Gasteiger partial charge in [-0.2, -0.15) is 13.2 Å². The molecule has 1 fully saturated rings. The summed E-state index contributed by atoms with van der Waals surface area (Å²) in [6.45, 7) is 4.54. The second kappa shape index (κ2) is 13.6. The van der Waals surface area contributed by atoms with Crippen LogP contribution in [0, 0.1) is 6.92 Å². The van der Waals surface area contributed by atoms with Crippen LogP contribution in [0.15, 0.2) is 54.9 Å². The first-order valence-electron chi connectivity index (χ1n) is 14.7. The molecule has 10 nitrogen and oxygen atoms in total. The fourth-order valence-corrected chi connectivity index (χ4v) is 5.07. The van der Waals surface area contributed by atoms with E-state index >= 15 is 0 Å². The maximum absolute atomic E-state index is 13.7. The fraction of sp³-hybridized carbons (Fsp3) is 0.344. The molecule has 4 aromatic rings. The van der Waals surface area contributed by atoms with Crippen LogP contribution in [0.1, 0.15) is 44.7 Å². The number of carbonyl (C=O) groups is 2. The van der Waals surface area contributed by atoms with Crippen molar-refractivity contribution >= 4 is 39.9 Å². The maximum Gasteiger partial charge on any atom is 0.416 e. The van der Waals surface area contributed by atoms with Gasteiger partial charge in [-0.15, -0.1) is 0 Å². The van der Waals surface area contributed by atoms with Gasteiger partial charge < -0.3 is 35.9 Å². The molecule has 0 saturated carbocycles. The Balaban J connectivity index is 1.36. The standard InChI is InChI=1S/C32H36F3N7O3/c1-19-4-5-22(40-30(43)20-14-21(32(33,34)35)16-24(15-20)45-23-6-9-36-10-7-23)17-27(19)41-31(44)26-18-39-29-25(8-11-38-29)28(26)37-12-13-42(2)3/h4-5,8,11,14-18,23,36H,6-7,9-10,12-13H2,1-3H3,(H,40,43)(H,41,44)(H2,37,38,39). The second-order valence-corrected chi connectivity index (χ2v) is 11.3. The van der Waals surface area contributed by atoms with Crippen LogP contribution in [0.5, 0.6) is 5.75 Å². The number of piperidine rings is 1. The van der Waals surface area contributed by atoms with E-state index in [-0.39, 0.29) is 17.4 Å². The van der Waals surface area contributed by atoms with Crippen molar-refractivity contribution in [2.45, 2.75) is 32.0 Å². The Morgan fingerprint density at radius 2 is 1.82 bits per heavy atom. The number of ether oxygens (including phenoxy) is 1. The first-order valence-corrected chi connectivity index (χ1v) is 14.7. The number of likely N-dealkylation sites (N-methyl/N-ethyl adjacent to an activating group) is 1. The second-order valence-electron chi connectivity index (χ2n) is 11.3. The number of benzene rings is 2. The molecule has 3 heterocycles. The van der Waals surface area contributed by atoms with E-state index in [1.165, 1.54) is 12.3 Å². The minimum Gasteiger partial charge on any atom is -0.490 e. The van der Waals surface area contributed by atoms with Gasteiger partial charge in [-0.25, -0.2) is 4.98 Å². The smallest absolute Gasteiger partial charge is 0.416 e. The minimum atomic E-state index is -4.66. The largest absolute Gasteiger partial charge is 0.490 e. The molecule has 0 bridgehead atoms. The zero-order chi connectivity index (χ0) is 32.1. The third-order valence-corrected chi connectivity index (χ3v) is 7.52. The third kappa shape index (κ3) is 7.91. The molecule has 238 valence electrons. The number of nitrogens with zero attached hydrogens (tertiary/aromatic N) is 2. The molecule has 1 saturated heterocycles. The van der Waals surface area contributed by atoms with Gasteiger partial charge in [-0.1, -0.05) is 6.07 Å². The Hall–Kier alpha value is -4.62. The summed E-state index contributed by atoms with van der Waals surface area (Å²) < 4.78 is 47.0. The van der Waals surface area contributed by atoms with E-state index in [2.05, 4.69) is 31.2 Å². The molecule has 1 aliphatic heterocycles. The topological polar surface area (TPSA) is 123 Å². The number of H-pyrrole nitrogens is 1. The lowest BCUT2D eigenvalue weighted by Gasteiger charge is -2.24. The lowest BCUT2D eigenvalue weighted by atomic mass is 10.1. The van der Waals surface area contributed by atoms with Crippen molar-refractivity contribution in [3.05, 3.63) is 77.1 Å². The lowest BCUT2D eigenvalue weighted by Crippen LogP contribution is -2.34. The SMILES string of the molecule is Cc1ccc(NC(=O)c2cc(OC3CCNCC3)cc(C(F)(F)F)c2)cc1NC(=O)c1cnc2[nH]ccc2c1NCCN(C)C. The molecule has 5 N–H and O–H groups in total. The molecule has 0 atom stereocenters. The summed E-state index contributed by atoms with van der Waals surface area (Å²) in [7, 11) is 3.91. The number of aromatic nitrogens is 2. The number of hydrogen-bond acceptors (Lipinski definition) is 7. The van der Waals surface area contributed by atoms with Gasteiger partial charge in [-0.3, -0.25) is 9.59 Å². The zero-order valence-electron chi connectivity index (χ0n) is 25.3. The van der Waals surface area contributed by atoms with Crippen molar-refractivity contribution in [3.63, 3.8) is 0 Å². The maximum atomic E-state index is 13.7. The van der Waals surface area contributed by atoms with Crippen LogP contribution in [0.3, 0.4) is 0 Å². The molecule has 0 spiro atoms. The Bertz CT molecular complexity index is 1680. The summed E-state index contributed by atoms with van der Waals surface area (Å²) in [6, 6.07) is 9.76. The summed E-state index contributed by atoms with van der Waals surface area (Å²) in [5, 5.41) is 12.9. The summed E-state index contributed by atoms with van der Waals surface area (Å²) in [5.74, 6) is -1.17. The molecule has 0 radical (unpaired) electrons. The number of hydrogen-bond donors (Lipinski definition) is 5. The first-order chi connectivity index (χ1) is 21.5. The average molecular weight is 624 g/mol. The van der Waals surface area contributed by atoms with E-state index in [0.29, 0.717) is 60.7 Å². The average Bonchev–Trinajstić information content (AvgIpc) is 3.48. The van der Waals surface area contributed by atoms with Crippen LogP contribution in [0.25, 0.3) is 11.0 Å². The monoisotopic (exact) mass is 623 g/mol. The highest BCUT2D eigenvalue weighted by atomic mass is 19.4. The molecule has 2 amide bonds. The number of anilines is 3. The van der Waals surface area contributed by atoms with Gasteiger partial charge in [0.05, 0.1) is 16.8 Å². The van der Waals surface area contributed by atoms with E-state index in [0.717, 1.165) is 29.6 Å². The number of halogens is 3. The number of alkyl halides is 3. The van der Waals surface area contributed by atoms with Gasteiger partial charge in [0.2, 0.25) is 0 Å². The first kappa shape index (κ1) is 31.8. The van der Waals surface area contributed by atoms with Crippen molar-refractivity contribution in [3.8, 4) is 5.75 Å². The molecule has 5 rings (SSSR count). The predicted octanol–water partition coefficient (Wildman–Crippen LogP) is 5.50. The number of aromatic amines is 1. The molecule has 2 aromatic heterocycles. The molecule has 45 heavy (non-hydrogen) atoms. The highest BCUT2D eigenvalue weighted by molar-refractivity contribution is 6.12. The quantitative estimate of drug-likeness (QED) is 0.158. The van der Waals surface area contributed by atoms with Crippen molar-refractivity contribution in [1.82, 2.24) is 20.2 Å². The van der Waals surface area contributed by atoms with Gasteiger partial charge in [-0.05, 0) is 88.9 Å². The third-order valence-electron chi connectivity index (χ3n) is 7.52. The predicted molar refractivity (Wildman–Crippen MR) is 168 cm³/mol. The minimum absolute atomic E-state index is 0.0123. The Kier molecular flexibility index (Phi) is 9.59. The van der Waals surface area contributed by atoms with E-state index in [4.69, 9.17) is 4.74 Å². The Morgan fingerprint density at radius 3 is 2.56 bits per heavy atom. The van der Waals surface area contributed by atoms with Crippen LogP contribution in [-0.2, 0) is 6.18 Å². The van der Waals surface area contributed by atoms with Crippen LogP contribution >= 0.6 is 0 Å². The molecule has 13 heteroatoms. The summed E-state index contributed by atoms with van der Waals surface area (Å²) in [6.07, 6.45) is -0.367. The number of amides is 2. The Labute approximate surface area is 258 Å². The van der Waals surface area contributed by atoms with Crippen LogP contribution in [-0.4, -0.2) is 73.1 Å². The number of nitrogens with one attached hydrogen (secondary N) is 5. The Morgan fingerprint density at radius 1 is 1.04 bits per heavy atom. The highest BCUT2D eigenvalue weighted by Crippen LogP contribution is 2.34. The van der Waals surface area contributed by atoms with Crippen molar-refractivity contribution in [2.75, 3.05) is 56.2 Å². The normalized spacial score (nSPS) is 14.0. The number of fused-ring (bicyclic) bond motifs is 1. The van der Waals surface area contributed by atoms with E-state index in [1.54, 1.807) is 31.3 Å². The van der Waals surface area contributed by atoms with Crippen LogP contribution in [0.4, 0.5) is 30.2 Å². The molecule has 0 unspecified atom stereocenters. The van der Waals surface area contributed by atoms with Gasteiger partial charge in [0, 0.05) is 47.8 Å². The van der Waals surface area contributed by atoms with Gasteiger partial charge >= 0.3 is 6.18 Å². The summed E-state index contributed by atoms with van der Waals surface area (Å²) >= 11 is 0. The number of aryl methyl sites for hydroxylation is 1. The highest BCUT2D eigenvalue weighted by Gasteiger charge is 2.32. The number of pyridine rings is 1. The van der Waals surface area contributed by atoms with Gasteiger partial charge in [0.15, 0.2) is 0 Å². The zero-order valence-corrected chi connectivity index (χ0v) is 25.3. The van der Waals surface area contributed by atoms with Crippen LogP contribution < -0.4 is 26.0 Å². The van der Waals surface area contributed by atoms with Crippen molar-refractivity contribution < 1.29 is 27.5 Å². The van der Waals surface area contributed by atoms with E-state index in [1.807, 2.05) is 25.1 Å². The van der Waals surface area contributed by atoms with Gasteiger partial charge in [0.1, 0.15) is 17.5 Å². The number of carbonyl (C=O) groups excluding carboxylic acids is 2. The van der Waals surface area contributed by atoms with E-state index < -0.39 is 23.6 Å². The number of rotatable bonds is 10. The molecular formula is C32H36F3N7O3. The lowest BCUT2D eigenvalue weighted by molar-refractivity contribution is -0.137.